The maximum atomic E-state index is 12.0. The molecule has 0 aliphatic heterocycles. The number of nitrogens with two attached hydrogens (primary N) is 1. The lowest BCUT2D eigenvalue weighted by molar-refractivity contribution is 0.583. The van der Waals surface area contributed by atoms with Gasteiger partial charge in [0.05, 0.1) is 4.90 Å². The largest absolute Gasteiger partial charge is 0.398 e. The van der Waals surface area contributed by atoms with E-state index in [0.29, 0.717) is 22.3 Å². The van der Waals surface area contributed by atoms with Crippen LogP contribution in [0.5, 0.6) is 0 Å². The molecule has 0 atom stereocenters. The molecule has 4 N–H and O–H groups in total. The first kappa shape index (κ1) is 15.6. The fourth-order valence-corrected chi connectivity index (χ4v) is 3.59. The van der Waals surface area contributed by atoms with E-state index in [0.717, 1.165) is 11.8 Å². The van der Waals surface area contributed by atoms with Crippen LogP contribution in [-0.4, -0.2) is 29.7 Å². The smallest absolute Gasteiger partial charge is 0.343 e. The Balaban J connectivity index is 2.41. The number of benzene rings is 1. The van der Waals surface area contributed by atoms with Gasteiger partial charge in [-0.3, -0.25) is 4.57 Å². The van der Waals surface area contributed by atoms with Gasteiger partial charge < -0.3 is 5.73 Å². The predicted octanol–water partition coefficient (Wildman–Crippen LogP) is 0.140. The molecule has 0 fully saturated rings. The Hall–Kier alpha value is -1.78. The van der Waals surface area contributed by atoms with E-state index in [4.69, 9.17) is 5.73 Å². The second kappa shape index (κ2) is 5.92. The second-order valence-electron chi connectivity index (χ2n) is 4.17. The highest BCUT2D eigenvalue weighted by Gasteiger charge is 2.16. The van der Waals surface area contributed by atoms with E-state index in [2.05, 4.69) is 14.9 Å². The number of anilines is 1. The first-order valence-electron chi connectivity index (χ1n) is 6.03. The first-order chi connectivity index (χ1) is 9.85. The van der Waals surface area contributed by atoms with Crippen LogP contribution in [0.25, 0.3) is 0 Å². The average Bonchev–Trinajstić information content (AvgIpc) is 2.73. The van der Waals surface area contributed by atoms with Gasteiger partial charge in [0.2, 0.25) is 10.0 Å². The fraction of sp³-hybridized carbons (Fsp3) is 0.273. The Bertz CT molecular complexity index is 810. The Kier molecular flexibility index (Phi) is 4.40. The van der Waals surface area contributed by atoms with Crippen molar-refractivity contribution in [3.63, 3.8) is 0 Å². The molecule has 0 aliphatic rings. The molecule has 0 spiro atoms. The third kappa shape index (κ3) is 3.28. The van der Waals surface area contributed by atoms with Crippen molar-refractivity contribution >= 4 is 27.5 Å². The molecule has 1 heterocycles. The molecular weight excluding hydrogens is 314 g/mol. The summed E-state index contributed by atoms with van der Waals surface area (Å²) in [5.74, 6) is 0. The van der Waals surface area contributed by atoms with Gasteiger partial charge in [-0.05, 0) is 30.0 Å². The number of nitrogens with one attached hydrogen (secondary N) is 2. The Morgan fingerprint density at radius 3 is 2.76 bits per heavy atom. The molecule has 2 aromatic rings. The molecule has 1 aromatic heterocycles. The number of H-pyrrole nitrogens is 1. The van der Waals surface area contributed by atoms with E-state index in [1.165, 1.54) is 22.8 Å². The van der Waals surface area contributed by atoms with Gasteiger partial charge in [-0.15, -0.1) is 5.10 Å². The van der Waals surface area contributed by atoms with Crippen LogP contribution in [0.4, 0.5) is 5.69 Å². The van der Waals surface area contributed by atoms with Gasteiger partial charge in [0.15, 0.2) is 5.16 Å². The minimum absolute atomic E-state index is 0.113. The van der Waals surface area contributed by atoms with Crippen molar-refractivity contribution in [3.8, 4) is 0 Å². The maximum absolute atomic E-state index is 12.0. The first-order valence-corrected chi connectivity index (χ1v) is 8.33. The van der Waals surface area contributed by atoms with Crippen molar-refractivity contribution in [2.75, 3.05) is 12.3 Å². The summed E-state index contributed by atoms with van der Waals surface area (Å²) in [6.07, 6.45) is 0. The van der Waals surface area contributed by atoms with Crippen molar-refractivity contribution in [1.82, 2.24) is 19.5 Å². The van der Waals surface area contributed by atoms with Crippen molar-refractivity contribution in [3.05, 3.63) is 28.7 Å². The molecule has 1 aromatic carbocycles. The highest BCUT2D eigenvalue weighted by Crippen LogP contribution is 2.31. The van der Waals surface area contributed by atoms with Crippen LogP contribution in [0.15, 0.2) is 37.9 Å². The number of nitrogen functional groups attached to an aromatic ring is 1. The Morgan fingerprint density at radius 2 is 2.19 bits per heavy atom. The van der Waals surface area contributed by atoms with Crippen LogP contribution >= 0.6 is 11.8 Å². The minimum atomic E-state index is -3.56. The lowest BCUT2D eigenvalue weighted by Gasteiger charge is -2.09. The summed E-state index contributed by atoms with van der Waals surface area (Å²) in [6.45, 7) is 1.99. The van der Waals surface area contributed by atoms with E-state index in [1.807, 2.05) is 0 Å². The molecule has 0 aliphatic carbocycles. The molecule has 21 heavy (non-hydrogen) atoms. The number of hydrogen-bond donors (Lipinski definition) is 3. The highest BCUT2D eigenvalue weighted by atomic mass is 32.2. The molecule has 0 unspecified atom stereocenters. The molecule has 0 radical (unpaired) electrons. The summed E-state index contributed by atoms with van der Waals surface area (Å²) in [6, 6.07) is 4.40. The Morgan fingerprint density at radius 1 is 1.48 bits per heavy atom. The normalized spacial score (nSPS) is 11.7. The molecule has 0 amide bonds. The zero-order chi connectivity index (χ0) is 15.6. The number of nitrogens with zero attached hydrogens (tertiary/aromatic N) is 2. The number of sulfonamides is 1. The van der Waals surface area contributed by atoms with Gasteiger partial charge in [0.25, 0.3) is 0 Å². The van der Waals surface area contributed by atoms with E-state index in [1.54, 1.807) is 14.0 Å². The number of rotatable bonds is 5. The fourth-order valence-electron chi connectivity index (χ4n) is 1.57. The SMILES string of the molecule is CCNS(=O)(=O)c1ccc(N)c(Sc2n[nH]c(=O)n2C)c1. The van der Waals surface area contributed by atoms with E-state index in [9.17, 15) is 13.2 Å². The molecular formula is C11H15N5O3S2. The molecule has 0 bridgehead atoms. The summed E-state index contributed by atoms with van der Waals surface area (Å²) in [7, 11) is -2.00. The topological polar surface area (TPSA) is 123 Å². The standard InChI is InChI=1S/C11H15N5O3S2/c1-3-13-21(18,19)7-4-5-8(12)9(6-7)20-11-15-14-10(17)16(11)2/h4-6,13H,3,12H2,1-2H3,(H,14,17). The summed E-state index contributed by atoms with van der Waals surface area (Å²) in [5, 5.41) is 6.55. The third-order valence-corrected chi connectivity index (χ3v) is 5.33. The van der Waals surface area contributed by atoms with Crippen LogP contribution < -0.4 is 16.1 Å². The minimum Gasteiger partial charge on any atom is -0.398 e. The van der Waals surface area contributed by atoms with Crippen molar-refractivity contribution < 1.29 is 8.42 Å². The van der Waals surface area contributed by atoms with Gasteiger partial charge in [-0.25, -0.2) is 23.0 Å². The molecule has 8 nitrogen and oxygen atoms in total. The number of aromatic amines is 1. The molecule has 114 valence electrons. The van der Waals surface area contributed by atoms with Gasteiger partial charge >= 0.3 is 5.69 Å². The van der Waals surface area contributed by atoms with Crippen LogP contribution in [0.1, 0.15) is 6.92 Å². The zero-order valence-corrected chi connectivity index (χ0v) is 13.1. The van der Waals surface area contributed by atoms with Crippen LogP contribution in [0, 0.1) is 0 Å². The number of hydrogen-bond acceptors (Lipinski definition) is 6. The molecule has 10 heteroatoms. The maximum Gasteiger partial charge on any atom is 0.343 e. The van der Waals surface area contributed by atoms with Crippen molar-refractivity contribution in [1.29, 1.82) is 0 Å². The van der Waals surface area contributed by atoms with Gasteiger partial charge in [0, 0.05) is 24.2 Å². The quantitative estimate of drug-likeness (QED) is 0.671. The van der Waals surface area contributed by atoms with E-state index in [-0.39, 0.29) is 10.6 Å². The van der Waals surface area contributed by atoms with E-state index < -0.39 is 10.0 Å². The van der Waals surface area contributed by atoms with Crippen LogP contribution in [-0.2, 0) is 17.1 Å². The summed E-state index contributed by atoms with van der Waals surface area (Å²) in [5.41, 5.74) is 5.90. The highest BCUT2D eigenvalue weighted by molar-refractivity contribution is 7.99. The average molecular weight is 329 g/mol. The lowest BCUT2D eigenvalue weighted by Crippen LogP contribution is -2.23. The van der Waals surface area contributed by atoms with Crippen LogP contribution in [0.3, 0.4) is 0 Å². The number of aromatic nitrogens is 3. The Labute approximate surface area is 125 Å². The lowest BCUT2D eigenvalue weighted by atomic mass is 10.3. The van der Waals surface area contributed by atoms with E-state index >= 15 is 0 Å². The third-order valence-electron chi connectivity index (χ3n) is 2.67. The monoisotopic (exact) mass is 329 g/mol. The zero-order valence-electron chi connectivity index (χ0n) is 11.5. The molecule has 0 saturated carbocycles. The summed E-state index contributed by atoms with van der Waals surface area (Å²) < 4.78 is 27.7. The van der Waals surface area contributed by atoms with Crippen LogP contribution in [0.2, 0.25) is 0 Å². The van der Waals surface area contributed by atoms with Crippen molar-refractivity contribution in [2.24, 2.45) is 7.05 Å². The molecule has 0 saturated heterocycles. The molecule has 2 rings (SSSR count). The second-order valence-corrected chi connectivity index (χ2v) is 6.95. The van der Waals surface area contributed by atoms with Gasteiger partial charge in [-0.2, -0.15) is 0 Å². The van der Waals surface area contributed by atoms with Crippen molar-refractivity contribution in [2.45, 2.75) is 21.9 Å². The predicted molar refractivity (Wildman–Crippen MR) is 79.7 cm³/mol. The van der Waals surface area contributed by atoms with Gasteiger partial charge in [-0.1, -0.05) is 6.92 Å². The summed E-state index contributed by atoms with van der Waals surface area (Å²) >= 11 is 1.11. The summed E-state index contributed by atoms with van der Waals surface area (Å²) in [4.78, 5) is 11.9. The van der Waals surface area contributed by atoms with Gasteiger partial charge in [0.1, 0.15) is 0 Å².